The molecule has 0 amide bonds. The Hall–Kier alpha value is -2.81. The van der Waals surface area contributed by atoms with Gasteiger partial charge in [-0.2, -0.15) is 4.98 Å². The highest BCUT2D eigenvalue weighted by Crippen LogP contribution is 2.22. The Balaban J connectivity index is 1.50. The van der Waals surface area contributed by atoms with Gasteiger partial charge in [-0.1, -0.05) is 38.1 Å². The highest BCUT2D eigenvalue weighted by molar-refractivity contribution is 5.75. The SMILES string of the molecule is C[C@H](Nc1ncc2ccc(=O)n(CC(C)(C)CO)c2n1)c1ccc(CN2CCNCC2)cc1. The summed E-state index contributed by atoms with van der Waals surface area (Å²) in [7, 11) is 0. The normalized spacial score (nSPS) is 16.1. The van der Waals surface area contributed by atoms with E-state index in [2.05, 4.69) is 56.7 Å². The van der Waals surface area contributed by atoms with Crippen molar-refractivity contribution in [3.8, 4) is 0 Å². The second-order valence-electron chi connectivity index (χ2n) is 9.69. The highest BCUT2D eigenvalue weighted by Gasteiger charge is 2.20. The van der Waals surface area contributed by atoms with Crippen LogP contribution in [0, 0.1) is 5.41 Å². The fourth-order valence-electron chi connectivity index (χ4n) is 4.09. The van der Waals surface area contributed by atoms with E-state index in [1.165, 1.54) is 11.6 Å². The Labute approximate surface area is 194 Å². The maximum atomic E-state index is 12.6. The van der Waals surface area contributed by atoms with Gasteiger partial charge < -0.3 is 15.7 Å². The Kier molecular flexibility index (Phi) is 7.07. The Morgan fingerprint density at radius 1 is 1.15 bits per heavy atom. The molecule has 1 aromatic carbocycles. The van der Waals surface area contributed by atoms with Crippen LogP contribution in [0.4, 0.5) is 5.95 Å². The first kappa shape index (κ1) is 23.4. The molecular weight excluding hydrogens is 416 g/mol. The molecule has 2 aromatic heterocycles. The van der Waals surface area contributed by atoms with E-state index < -0.39 is 5.41 Å². The molecule has 3 aromatic rings. The second kappa shape index (κ2) is 9.99. The predicted octanol–water partition coefficient (Wildman–Crippen LogP) is 2.39. The fourth-order valence-corrected chi connectivity index (χ4v) is 4.09. The molecule has 3 N–H and O–H groups in total. The van der Waals surface area contributed by atoms with Gasteiger partial charge in [-0.05, 0) is 24.1 Å². The first-order chi connectivity index (χ1) is 15.8. The quantitative estimate of drug-likeness (QED) is 0.485. The standard InChI is InChI=1S/C25H34N6O2/c1-18(20-6-4-19(5-7-20)15-30-12-10-26-11-13-30)28-24-27-14-21-8-9-22(33)31(23(21)29-24)16-25(2,3)17-32/h4-9,14,18,26,32H,10-13,15-17H2,1-3H3,(H,27,28,29)/t18-/m0/s1. The molecule has 33 heavy (non-hydrogen) atoms. The van der Waals surface area contributed by atoms with E-state index in [4.69, 9.17) is 0 Å². The molecule has 0 bridgehead atoms. The number of nitrogens with one attached hydrogen (secondary N) is 2. The van der Waals surface area contributed by atoms with E-state index in [1.807, 2.05) is 13.8 Å². The molecular formula is C25H34N6O2. The van der Waals surface area contributed by atoms with E-state index in [0.29, 0.717) is 18.1 Å². The van der Waals surface area contributed by atoms with Crippen LogP contribution in [0.15, 0.2) is 47.4 Å². The summed E-state index contributed by atoms with van der Waals surface area (Å²) in [5.74, 6) is 0.473. The van der Waals surface area contributed by atoms with Crippen molar-refractivity contribution < 1.29 is 5.11 Å². The average molecular weight is 451 g/mol. The van der Waals surface area contributed by atoms with Crippen molar-refractivity contribution >= 4 is 17.0 Å². The van der Waals surface area contributed by atoms with Gasteiger partial charge in [-0.3, -0.25) is 14.3 Å². The summed E-state index contributed by atoms with van der Waals surface area (Å²) in [5, 5.41) is 17.2. The van der Waals surface area contributed by atoms with Crippen LogP contribution in [0.5, 0.6) is 0 Å². The number of fused-ring (bicyclic) bond motifs is 1. The third-order valence-corrected chi connectivity index (χ3v) is 6.18. The van der Waals surface area contributed by atoms with Gasteiger partial charge in [0.05, 0.1) is 6.04 Å². The predicted molar refractivity (Wildman–Crippen MR) is 131 cm³/mol. The Bertz CT molecular complexity index is 1140. The number of rotatable bonds is 8. The maximum Gasteiger partial charge on any atom is 0.252 e. The summed E-state index contributed by atoms with van der Waals surface area (Å²) in [6.45, 7) is 11.5. The van der Waals surface area contributed by atoms with Crippen LogP contribution < -0.4 is 16.2 Å². The highest BCUT2D eigenvalue weighted by atomic mass is 16.3. The number of anilines is 1. The van der Waals surface area contributed by atoms with Gasteiger partial charge in [0.1, 0.15) is 5.65 Å². The largest absolute Gasteiger partial charge is 0.396 e. The lowest BCUT2D eigenvalue weighted by molar-refractivity contribution is 0.141. The molecule has 1 fully saturated rings. The second-order valence-corrected chi connectivity index (χ2v) is 9.69. The monoisotopic (exact) mass is 450 g/mol. The number of aromatic nitrogens is 3. The van der Waals surface area contributed by atoms with Crippen LogP contribution in [0.3, 0.4) is 0 Å². The molecule has 1 saturated heterocycles. The fraction of sp³-hybridized carbons (Fsp3) is 0.480. The van der Waals surface area contributed by atoms with Gasteiger partial charge in [0.25, 0.3) is 5.56 Å². The zero-order valence-corrected chi connectivity index (χ0v) is 19.7. The van der Waals surface area contributed by atoms with Crippen LogP contribution in [-0.2, 0) is 13.1 Å². The van der Waals surface area contributed by atoms with Gasteiger partial charge in [0.15, 0.2) is 0 Å². The molecule has 0 unspecified atom stereocenters. The summed E-state index contributed by atoms with van der Waals surface area (Å²) >= 11 is 0. The molecule has 0 spiro atoms. The van der Waals surface area contributed by atoms with E-state index >= 15 is 0 Å². The van der Waals surface area contributed by atoms with Crippen molar-refractivity contribution in [1.82, 2.24) is 24.8 Å². The lowest BCUT2D eigenvalue weighted by Gasteiger charge is -2.27. The van der Waals surface area contributed by atoms with E-state index in [1.54, 1.807) is 16.8 Å². The number of hydrogen-bond donors (Lipinski definition) is 3. The summed E-state index contributed by atoms with van der Waals surface area (Å²) in [6.07, 6.45) is 1.73. The minimum Gasteiger partial charge on any atom is -0.396 e. The minimum atomic E-state index is -0.434. The van der Waals surface area contributed by atoms with Crippen molar-refractivity contribution in [3.05, 3.63) is 64.1 Å². The van der Waals surface area contributed by atoms with Crippen LogP contribution in [0.1, 0.15) is 37.9 Å². The number of hydrogen-bond acceptors (Lipinski definition) is 7. The van der Waals surface area contributed by atoms with Crippen LogP contribution in [0.2, 0.25) is 0 Å². The van der Waals surface area contributed by atoms with E-state index in [-0.39, 0.29) is 18.2 Å². The number of piperazine rings is 1. The smallest absolute Gasteiger partial charge is 0.252 e. The molecule has 4 rings (SSSR count). The lowest BCUT2D eigenvalue weighted by atomic mass is 9.95. The lowest BCUT2D eigenvalue weighted by Crippen LogP contribution is -2.42. The van der Waals surface area contributed by atoms with Gasteiger partial charge in [-0.25, -0.2) is 4.98 Å². The third-order valence-electron chi connectivity index (χ3n) is 6.18. The average Bonchev–Trinajstić information content (AvgIpc) is 2.82. The molecule has 176 valence electrons. The molecule has 8 heteroatoms. The topological polar surface area (TPSA) is 95.3 Å². The zero-order valence-electron chi connectivity index (χ0n) is 19.7. The minimum absolute atomic E-state index is 0.00783. The van der Waals surface area contributed by atoms with E-state index in [9.17, 15) is 9.90 Å². The van der Waals surface area contributed by atoms with E-state index in [0.717, 1.165) is 43.7 Å². The van der Waals surface area contributed by atoms with Crippen molar-refractivity contribution in [2.75, 3.05) is 38.1 Å². The third kappa shape index (κ3) is 5.76. The molecule has 1 aliphatic heterocycles. The molecule has 1 aliphatic rings. The zero-order chi connectivity index (χ0) is 23.4. The molecule has 0 saturated carbocycles. The summed E-state index contributed by atoms with van der Waals surface area (Å²) in [5.41, 5.74) is 2.46. The summed E-state index contributed by atoms with van der Waals surface area (Å²) in [6, 6.07) is 11.9. The first-order valence-corrected chi connectivity index (χ1v) is 11.6. The van der Waals surface area contributed by atoms with Gasteiger partial charge >= 0.3 is 0 Å². The van der Waals surface area contributed by atoms with Crippen molar-refractivity contribution in [2.24, 2.45) is 5.41 Å². The van der Waals surface area contributed by atoms with Crippen LogP contribution in [-0.4, -0.2) is 57.3 Å². The van der Waals surface area contributed by atoms with Crippen molar-refractivity contribution in [3.63, 3.8) is 0 Å². The maximum absolute atomic E-state index is 12.6. The van der Waals surface area contributed by atoms with Crippen LogP contribution >= 0.6 is 0 Å². The number of nitrogens with zero attached hydrogens (tertiary/aromatic N) is 4. The molecule has 0 radical (unpaired) electrons. The number of aliphatic hydroxyl groups is 1. The Morgan fingerprint density at radius 2 is 1.88 bits per heavy atom. The first-order valence-electron chi connectivity index (χ1n) is 11.6. The molecule has 1 atom stereocenters. The van der Waals surface area contributed by atoms with Crippen molar-refractivity contribution in [2.45, 2.75) is 39.9 Å². The van der Waals surface area contributed by atoms with Crippen LogP contribution in [0.25, 0.3) is 11.0 Å². The van der Waals surface area contributed by atoms with Crippen molar-refractivity contribution in [1.29, 1.82) is 0 Å². The van der Waals surface area contributed by atoms with Gasteiger partial charge in [-0.15, -0.1) is 0 Å². The number of benzene rings is 1. The summed E-state index contributed by atoms with van der Waals surface area (Å²) < 4.78 is 1.62. The molecule has 0 aliphatic carbocycles. The molecule has 3 heterocycles. The van der Waals surface area contributed by atoms with Gasteiger partial charge in [0.2, 0.25) is 5.95 Å². The summed E-state index contributed by atoms with van der Waals surface area (Å²) in [4.78, 5) is 24.1. The number of pyridine rings is 1. The Morgan fingerprint density at radius 3 is 2.58 bits per heavy atom. The number of aliphatic hydroxyl groups excluding tert-OH is 1. The molecule has 8 nitrogen and oxygen atoms in total. The van der Waals surface area contributed by atoms with Gasteiger partial charge in [0, 0.05) is 68.9 Å².